The molecule has 0 amide bonds. The van der Waals surface area contributed by atoms with Gasteiger partial charge in [-0.3, -0.25) is 0 Å². The van der Waals surface area contributed by atoms with Crippen molar-refractivity contribution in [3.63, 3.8) is 0 Å². The second kappa shape index (κ2) is 1.59. The molecular formula is C8H8N2. The summed E-state index contributed by atoms with van der Waals surface area (Å²) in [6.07, 6.45) is 1.93. The van der Waals surface area contributed by atoms with Gasteiger partial charge in [-0.25, -0.2) is 4.52 Å². The summed E-state index contributed by atoms with van der Waals surface area (Å²) in [5.74, 6) is 0. The van der Waals surface area contributed by atoms with Gasteiger partial charge in [0, 0.05) is 11.4 Å². The summed E-state index contributed by atoms with van der Waals surface area (Å²) in [4.78, 5) is 0. The van der Waals surface area contributed by atoms with Crippen LogP contribution in [0.15, 0.2) is 18.3 Å². The third-order valence-electron chi connectivity index (χ3n) is 1.73. The van der Waals surface area contributed by atoms with Crippen LogP contribution >= 0.6 is 0 Å². The van der Waals surface area contributed by atoms with E-state index in [2.05, 4.69) is 11.7 Å². The van der Waals surface area contributed by atoms with Gasteiger partial charge in [-0.05, 0) is 19.1 Å². The molecule has 0 radical (unpaired) electrons. The second-order valence-electron chi connectivity index (χ2n) is 2.40. The Morgan fingerprint density at radius 3 is 3.10 bits per heavy atom. The Hall–Kier alpha value is -1.31. The van der Waals surface area contributed by atoms with Gasteiger partial charge in [-0.1, -0.05) is 6.58 Å². The summed E-state index contributed by atoms with van der Waals surface area (Å²) < 4.78 is 1.84. The van der Waals surface area contributed by atoms with Crippen LogP contribution in [-0.2, 0) is 0 Å². The molecular weight excluding hydrogens is 124 g/mol. The molecule has 0 spiro atoms. The first-order valence-corrected chi connectivity index (χ1v) is 3.21. The Kier molecular flexibility index (Phi) is 0.873. The Labute approximate surface area is 58.8 Å². The average molecular weight is 132 g/mol. The summed E-state index contributed by atoms with van der Waals surface area (Å²) in [6, 6.07) is 3.98. The quantitative estimate of drug-likeness (QED) is 0.517. The Balaban J connectivity index is 3.09. The number of hydrogen-bond donors (Lipinski definition) is 0. The fourth-order valence-corrected chi connectivity index (χ4v) is 1.11. The molecule has 0 aromatic carbocycles. The van der Waals surface area contributed by atoms with Crippen molar-refractivity contribution in [1.82, 2.24) is 9.61 Å². The summed E-state index contributed by atoms with van der Waals surface area (Å²) in [5, 5.41) is 5.26. The highest BCUT2D eigenvalue weighted by molar-refractivity contribution is 5.50. The molecule has 2 nitrogen and oxygen atoms in total. The molecule has 0 saturated heterocycles. The molecule has 0 aliphatic carbocycles. The number of nitrogens with zero attached hydrogens (tertiary/aromatic N) is 2. The molecule has 2 aromatic heterocycles. The molecule has 2 aromatic rings. The fourth-order valence-electron chi connectivity index (χ4n) is 1.11. The lowest BCUT2D eigenvalue weighted by Crippen LogP contribution is -1.96. The van der Waals surface area contributed by atoms with Crippen molar-refractivity contribution in [2.24, 2.45) is 0 Å². The minimum Gasteiger partial charge on any atom is -0.240 e. The lowest BCUT2D eigenvalue weighted by molar-refractivity contribution is 0.946. The monoisotopic (exact) mass is 132 g/mol. The highest BCUT2D eigenvalue weighted by Gasteiger charge is 1.97. The van der Waals surface area contributed by atoms with Gasteiger partial charge in [0.05, 0.1) is 11.2 Å². The third kappa shape index (κ3) is 0.506. The van der Waals surface area contributed by atoms with Crippen molar-refractivity contribution < 1.29 is 0 Å². The number of hydrogen-bond acceptors (Lipinski definition) is 1. The molecule has 0 aliphatic heterocycles. The smallest absolute Gasteiger partial charge is 0.0731 e. The van der Waals surface area contributed by atoms with Gasteiger partial charge in [0.2, 0.25) is 0 Å². The van der Waals surface area contributed by atoms with E-state index in [-0.39, 0.29) is 0 Å². The van der Waals surface area contributed by atoms with Gasteiger partial charge in [0.15, 0.2) is 0 Å². The lowest BCUT2D eigenvalue weighted by atomic mass is 10.3. The number of aromatic nitrogens is 2. The van der Waals surface area contributed by atoms with E-state index in [9.17, 15) is 0 Å². The molecule has 0 atom stereocenters. The van der Waals surface area contributed by atoms with Crippen LogP contribution in [0.25, 0.3) is 12.1 Å². The Morgan fingerprint density at radius 1 is 1.60 bits per heavy atom. The third-order valence-corrected chi connectivity index (χ3v) is 1.73. The minimum absolute atomic E-state index is 1.01. The van der Waals surface area contributed by atoms with E-state index in [1.54, 1.807) is 0 Å². The fraction of sp³-hybridized carbons (Fsp3) is 0.125. The number of fused-ring (bicyclic) bond motifs is 1. The molecule has 2 heteroatoms. The van der Waals surface area contributed by atoms with Crippen molar-refractivity contribution in [2.75, 3.05) is 0 Å². The van der Waals surface area contributed by atoms with E-state index in [4.69, 9.17) is 0 Å². The van der Waals surface area contributed by atoms with E-state index in [0.29, 0.717) is 0 Å². The standard InChI is InChI=1S/C8H8N2/c1-6-7(2)9-10-5-3-4-8(6)10/h3-5H,1H2,2H3. The van der Waals surface area contributed by atoms with Crippen molar-refractivity contribution in [3.8, 4) is 0 Å². The van der Waals surface area contributed by atoms with Crippen LogP contribution in [0.3, 0.4) is 0 Å². The van der Waals surface area contributed by atoms with Gasteiger partial charge in [-0.15, -0.1) is 0 Å². The highest BCUT2D eigenvalue weighted by atomic mass is 15.2. The summed E-state index contributed by atoms with van der Waals surface area (Å²) in [5.41, 5.74) is 2.12. The number of aryl methyl sites for hydroxylation is 1. The first-order chi connectivity index (χ1) is 4.79. The van der Waals surface area contributed by atoms with Crippen molar-refractivity contribution in [2.45, 2.75) is 6.92 Å². The molecule has 2 heterocycles. The maximum absolute atomic E-state index is 4.23. The zero-order valence-electron chi connectivity index (χ0n) is 5.83. The molecule has 50 valence electrons. The van der Waals surface area contributed by atoms with Crippen LogP contribution in [-0.4, -0.2) is 9.61 Å². The molecule has 2 rings (SSSR count). The van der Waals surface area contributed by atoms with Crippen LogP contribution in [0, 0.1) is 6.92 Å². The largest absolute Gasteiger partial charge is 0.240 e. The van der Waals surface area contributed by atoms with E-state index in [1.807, 2.05) is 29.8 Å². The van der Waals surface area contributed by atoms with Gasteiger partial charge in [0.1, 0.15) is 0 Å². The maximum Gasteiger partial charge on any atom is 0.0731 e. The topological polar surface area (TPSA) is 17.3 Å². The Morgan fingerprint density at radius 2 is 2.40 bits per heavy atom. The second-order valence-corrected chi connectivity index (χ2v) is 2.40. The van der Waals surface area contributed by atoms with Crippen LogP contribution in [0.1, 0.15) is 5.69 Å². The van der Waals surface area contributed by atoms with Gasteiger partial charge in [0.25, 0.3) is 0 Å². The summed E-state index contributed by atoms with van der Waals surface area (Å²) in [6.45, 7) is 5.86. The maximum atomic E-state index is 4.23. The van der Waals surface area contributed by atoms with Crippen molar-refractivity contribution in [1.29, 1.82) is 0 Å². The van der Waals surface area contributed by atoms with Gasteiger partial charge >= 0.3 is 0 Å². The van der Waals surface area contributed by atoms with E-state index in [1.165, 1.54) is 0 Å². The van der Waals surface area contributed by atoms with Crippen molar-refractivity contribution in [3.05, 3.63) is 29.2 Å². The van der Waals surface area contributed by atoms with Crippen LogP contribution in [0.2, 0.25) is 0 Å². The zero-order valence-corrected chi connectivity index (χ0v) is 5.83. The minimum atomic E-state index is 1.01. The lowest BCUT2D eigenvalue weighted by Gasteiger charge is -1.75. The zero-order chi connectivity index (χ0) is 7.14. The molecule has 0 N–H and O–H groups in total. The predicted molar refractivity (Wildman–Crippen MR) is 40.7 cm³/mol. The summed E-state index contributed by atoms with van der Waals surface area (Å²) >= 11 is 0. The van der Waals surface area contributed by atoms with E-state index >= 15 is 0 Å². The van der Waals surface area contributed by atoms with E-state index < -0.39 is 0 Å². The SMILES string of the molecule is C=c1c(C)nn2cccc12. The number of rotatable bonds is 0. The first kappa shape index (κ1) is 5.47. The first-order valence-electron chi connectivity index (χ1n) is 3.21. The highest BCUT2D eigenvalue weighted by Crippen LogP contribution is 1.97. The van der Waals surface area contributed by atoms with E-state index in [0.717, 1.165) is 16.4 Å². The molecule has 0 saturated carbocycles. The van der Waals surface area contributed by atoms with Crippen LogP contribution < -0.4 is 5.22 Å². The molecule has 0 bridgehead atoms. The average Bonchev–Trinajstić information content (AvgIpc) is 2.41. The normalized spacial score (nSPS) is 10.9. The predicted octanol–water partition coefficient (Wildman–Crippen LogP) is 0.772. The van der Waals surface area contributed by atoms with Gasteiger partial charge in [-0.2, -0.15) is 5.10 Å². The Bertz CT molecular complexity index is 400. The van der Waals surface area contributed by atoms with Crippen molar-refractivity contribution >= 4 is 12.1 Å². The molecule has 0 unspecified atom stereocenters. The van der Waals surface area contributed by atoms with Gasteiger partial charge < -0.3 is 0 Å². The van der Waals surface area contributed by atoms with Crippen LogP contribution in [0.4, 0.5) is 0 Å². The molecule has 0 aliphatic rings. The molecule has 0 fully saturated rings. The molecule has 10 heavy (non-hydrogen) atoms. The van der Waals surface area contributed by atoms with Crippen LogP contribution in [0.5, 0.6) is 0 Å². The summed E-state index contributed by atoms with van der Waals surface area (Å²) in [7, 11) is 0.